The van der Waals surface area contributed by atoms with E-state index in [1.54, 1.807) is 0 Å². The Morgan fingerprint density at radius 2 is 0.725 bits per heavy atom. The first-order valence-electron chi connectivity index (χ1n) is 15.9. The molecular formula is C37H74Y3-6. The second-order valence-electron chi connectivity index (χ2n) is 14.3. The van der Waals surface area contributed by atoms with Crippen molar-refractivity contribution in [3.05, 3.63) is 41.5 Å². The van der Waals surface area contributed by atoms with Crippen molar-refractivity contribution in [1.29, 1.82) is 0 Å². The van der Waals surface area contributed by atoms with E-state index in [0.29, 0.717) is 16.2 Å². The van der Waals surface area contributed by atoms with Crippen LogP contribution in [0.1, 0.15) is 165 Å². The van der Waals surface area contributed by atoms with Crippen molar-refractivity contribution in [2.24, 2.45) is 34.0 Å². The Bertz CT molecular complexity index is 426. The summed E-state index contributed by atoms with van der Waals surface area (Å²) in [6.45, 7) is 43.4. The van der Waals surface area contributed by atoms with E-state index in [0.717, 1.165) is 43.4 Å². The Balaban J connectivity index is -0.0000000884. The minimum absolute atomic E-state index is 0. The van der Waals surface area contributed by atoms with Gasteiger partial charge >= 0.3 is 0 Å². The van der Waals surface area contributed by atoms with Crippen molar-refractivity contribution in [2.75, 3.05) is 0 Å². The largest absolute Gasteiger partial charge is 0.345 e. The first-order valence-corrected chi connectivity index (χ1v) is 15.9. The second kappa shape index (κ2) is 33.7. The van der Waals surface area contributed by atoms with E-state index >= 15 is 0 Å². The maximum absolute atomic E-state index is 4.12. The quantitative estimate of drug-likeness (QED) is 0.244. The van der Waals surface area contributed by atoms with Gasteiger partial charge in [-0.2, -0.15) is 30.1 Å². The Hall–Kier alpha value is 3.31. The molecule has 0 aromatic heterocycles. The maximum atomic E-state index is 4.12. The SMILES string of the molecule is CC(C)C.CC(C)C.CC(C)C.[CH2-]CC1(C[CH2-])CCCC1.[CH2-]CC1([CH2-])CCCC1.[CH2-]CCC1([CH2-])CCC1.[Y].[Y].[Y]. The summed E-state index contributed by atoms with van der Waals surface area (Å²) >= 11 is 0. The third-order valence-electron chi connectivity index (χ3n) is 7.04. The van der Waals surface area contributed by atoms with Crippen molar-refractivity contribution in [1.82, 2.24) is 0 Å². The van der Waals surface area contributed by atoms with E-state index in [1.807, 2.05) is 0 Å². The van der Waals surface area contributed by atoms with E-state index in [-0.39, 0.29) is 98.1 Å². The van der Waals surface area contributed by atoms with Crippen LogP contribution in [-0.4, -0.2) is 0 Å². The second-order valence-corrected chi connectivity index (χ2v) is 14.3. The van der Waals surface area contributed by atoms with Crippen molar-refractivity contribution >= 4 is 0 Å². The fourth-order valence-electron chi connectivity index (χ4n) is 4.43. The molecular weight excluding hydrogens is 711 g/mol. The van der Waals surface area contributed by atoms with Crippen molar-refractivity contribution in [2.45, 2.75) is 165 Å². The van der Waals surface area contributed by atoms with Crippen LogP contribution in [0.3, 0.4) is 0 Å². The van der Waals surface area contributed by atoms with E-state index in [4.69, 9.17) is 0 Å². The fourth-order valence-corrected chi connectivity index (χ4v) is 4.43. The van der Waals surface area contributed by atoms with Gasteiger partial charge in [0.05, 0.1) is 0 Å². The molecule has 0 nitrogen and oxygen atoms in total. The zero-order valence-electron chi connectivity index (χ0n) is 29.5. The van der Waals surface area contributed by atoms with Crippen molar-refractivity contribution in [3.8, 4) is 0 Å². The topological polar surface area (TPSA) is 0 Å². The summed E-state index contributed by atoms with van der Waals surface area (Å²) in [7, 11) is 0. The molecule has 3 aliphatic carbocycles. The Kier molecular flexibility index (Phi) is 46.9. The van der Waals surface area contributed by atoms with Crippen LogP contribution >= 0.6 is 0 Å². The molecule has 40 heavy (non-hydrogen) atoms. The van der Waals surface area contributed by atoms with Gasteiger partial charge in [0.15, 0.2) is 0 Å². The molecule has 3 rings (SSSR count). The molecule has 0 heterocycles. The van der Waals surface area contributed by atoms with Gasteiger partial charge in [-0.3, -0.25) is 0 Å². The molecule has 0 spiro atoms. The summed E-state index contributed by atoms with van der Waals surface area (Å²) in [6, 6.07) is 0. The minimum atomic E-state index is 0. The molecule has 0 unspecified atom stereocenters. The van der Waals surface area contributed by atoms with E-state index in [9.17, 15) is 0 Å². The van der Waals surface area contributed by atoms with Gasteiger partial charge in [0.2, 0.25) is 0 Å². The van der Waals surface area contributed by atoms with Gasteiger partial charge in [-0.15, -0.1) is 6.42 Å². The molecule has 0 saturated heterocycles. The third kappa shape index (κ3) is 37.5. The van der Waals surface area contributed by atoms with Gasteiger partial charge in [-0.05, 0) is 17.8 Å². The van der Waals surface area contributed by atoms with Crippen LogP contribution in [0.15, 0.2) is 0 Å². The molecule has 0 N–H and O–H groups in total. The van der Waals surface area contributed by atoms with Crippen LogP contribution in [0, 0.1) is 75.5 Å². The van der Waals surface area contributed by atoms with E-state index in [1.165, 1.54) is 77.0 Å². The van der Waals surface area contributed by atoms with Crippen LogP contribution in [0.25, 0.3) is 0 Å². The summed E-state index contributed by atoms with van der Waals surface area (Å²) in [5.74, 6) is 2.50. The number of rotatable bonds is 5. The molecule has 237 valence electrons. The summed E-state index contributed by atoms with van der Waals surface area (Å²) in [5, 5.41) is 0. The Labute approximate surface area is 334 Å². The minimum Gasteiger partial charge on any atom is -0.345 e. The Morgan fingerprint density at radius 1 is 0.450 bits per heavy atom. The molecule has 0 aromatic carbocycles. The Morgan fingerprint density at radius 3 is 0.850 bits per heavy atom. The molecule has 3 heteroatoms. The van der Waals surface area contributed by atoms with Crippen LogP contribution in [0.4, 0.5) is 0 Å². The normalized spacial score (nSPS) is 18.4. The molecule has 3 radical (unpaired) electrons. The first kappa shape index (κ1) is 55.7. The molecule has 0 atom stereocenters. The number of hydrogen-bond acceptors (Lipinski definition) is 0. The number of hydrogen-bond donors (Lipinski definition) is 0. The average Bonchev–Trinajstić information content (AvgIpc) is 3.43. The zero-order chi connectivity index (χ0) is 29.5. The van der Waals surface area contributed by atoms with Gasteiger partial charge in [-0.1, -0.05) is 138 Å². The van der Waals surface area contributed by atoms with E-state index < -0.39 is 0 Å². The van der Waals surface area contributed by atoms with Crippen LogP contribution in [-0.2, 0) is 98.1 Å². The molecule has 0 aliphatic heterocycles. The van der Waals surface area contributed by atoms with Gasteiger partial charge in [0, 0.05) is 98.1 Å². The summed E-state index contributed by atoms with van der Waals surface area (Å²) in [6.07, 6.45) is 20.5. The molecule has 0 bridgehead atoms. The molecule has 0 aromatic rings. The van der Waals surface area contributed by atoms with Crippen molar-refractivity contribution in [3.63, 3.8) is 0 Å². The molecule has 3 saturated carbocycles. The van der Waals surface area contributed by atoms with Gasteiger partial charge in [0.25, 0.3) is 0 Å². The average molecular weight is 786 g/mol. The van der Waals surface area contributed by atoms with Crippen LogP contribution in [0.5, 0.6) is 0 Å². The van der Waals surface area contributed by atoms with Crippen LogP contribution in [0.2, 0.25) is 0 Å². The van der Waals surface area contributed by atoms with Gasteiger partial charge in [0.1, 0.15) is 0 Å². The summed E-state index contributed by atoms with van der Waals surface area (Å²) < 4.78 is 0. The molecule has 0 amide bonds. The van der Waals surface area contributed by atoms with Crippen molar-refractivity contribution < 1.29 is 98.1 Å². The van der Waals surface area contributed by atoms with Gasteiger partial charge < -0.3 is 41.5 Å². The smallest absolute Gasteiger partial charge is 0 e. The fraction of sp³-hybridized carbons (Fsp3) is 0.838. The maximum Gasteiger partial charge on any atom is 0 e. The first-order chi connectivity index (χ1) is 17.1. The summed E-state index contributed by atoms with van der Waals surface area (Å²) in [4.78, 5) is 0. The summed E-state index contributed by atoms with van der Waals surface area (Å²) in [5.41, 5.74) is 1.39. The van der Waals surface area contributed by atoms with Crippen LogP contribution < -0.4 is 0 Å². The predicted molar refractivity (Wildman–Crippen MR) is 175 cm³/mol. The standard InChI is InChI=1S/C9H16.2C8H14.3C4H10.3Y/c1-3-9(4-2)7-5-6-8-9;1-3-8(2)6-4-5-7-8;1-3-5-8(2)6-4-7-8;3*1-4(2)3;;;/h1-8H2;2*1-7H2;3*4H,1-3H3;;;/q3*-2;;;;;;. The molecule has 3 aliphatic rings. The van der Waals surface area contributed by atoms with Gasteiger partial charge in [-0.25, -0.2) is 6.42 Å². The molecule has 3 fully saturated rings. The predicted octanol–water partition coefficient (Wildman–Crippen LogP) is 13.2. The van der Waals surface area contributed by atoms with E-state index in [2.05, 4.69) is 104 Å². The monoisotopic (exact) mass is 785 g/mol. The third-order valence-corrected chi connectivity index (χ3v) is 7.04. The zero-order valence-corrected chi connectivity index (χ0v) is 38.0.